The van der Waals surface area contributed by atoms with Crippen LogP contribution in [0.15, 0.2) is 30.3 Å². The summed E-state index contributed by atoms with van der Waals surface area (Å²) in [7, 11) is 3.11. The number of ether oxygens (including phenoxy) is 6. The van der Waals surface area contributed by atoms with E-state index >= 15 is 0 Å². The molecule has 0 atom stereocenters. The predicted molar refractivity (Wildman–Crippen MR) is 123 cm³/mol. The molecular weight excluding hydrogens is 440 g/mol. The fourth-order valence-electron chi connectivity index (χ4n) is 4.08. The number of hydrogen-bond donors (Lipinski definition) is 0. The van der Waals surface area contributed by atoms with E-state index in [1.54, 1.807) is 53.2 Å². The monoisotopic (exact) mass is 464 g/mol. The standard InChI is InChI=1S/C26H24O8/c1-26(2,3)25(28)34-17-10-21-20(32-12-33-21)9-16(17)23-15-8-19(30-5)18(29-4)7-13(15)6-14-11-31-24(27)22(14)23/h6-10H,11-12H2,1-5H3. The number of benzene rings is 3. The predicted octanol–water partition coefficient (Wildman–Crippen LogP) is 4.87. The van der Waals surface area contributed by atoms with Crippen molar-refractivity contribution in [3.63, 3.8) is 0 Å². The quantitative estimate of drug-likeness (QED) is 0.399. The summed E-state index contributed by atoms with van der Waals surface area (Å²) in [6.07, 6.45) is 0. The lowest BCUT2D eigenvalue weighted by Crippen LogP contribution is -2.25. The first-order valence-electron chi connectivity index (χ1n) is 10.8. The second-order valence-electron chi connectivity index (χ2n) is 9.13. The fourth-order valence-corrected chi connectivity index (χ4v) is 4.08. The van der Waals surface area contributed by atoms with Crippen LogP contribution in [0.1, 0.15) is 36.7 Å². The Bertz CT molecular complexity index is 1350. The Balaban J connectivity index is 1.84. The lowest BCUT2D eigenvalue weighted by atomic mass is 9.89. The van der Waals surface area contributed by atoms with E-state index in [0.29, 0.717) is 45.1 Å². The average Bonchev–Trinajstić information content (AvgIpc) is 3.41. The normalized spacial score (nSPS) is 14.1. The average molecular weight is 464 g/mol. The maximum absolute atomic E-state index is 12.9. The van der Waals surface area contributed by atoms with E-state index < -0.39 is 17.4 Å². The zero-order chi connectivity index (χ0) is 24.2. The number of fused-ring (bicyclic) bond motifs is 3. The number of hydrogen-bond acceptors (Lipinski definition) is 8. The summed E-state index contributed by atoms with van der Waals surface area (Å²) in [4.78, 5) is 25.7. The van der Waals surface area contributed by atoms with E-state index in [9.17, 15) is 9.59 Å². The molecule has 0 saturated carbocycles. The molecule has 0 aliphatic carbocycles. The van der Waals surface area contributed by atoms with Crippen LogP contribution in [0.25, 0.3) is 21.9 Å². The summed E-state index contributed by atoms with van der Waals surface area (Å²) in [6, 6.07) is 8.89. The number of rotatable bonds is 4. The lowest BCUT2D eigenvalue weighted by molar-refractivity contribution is -0.142. The third-order valence-electron chi connectivity index (χ3n) is 5.85. The molecule has 0 spiro atoms. The highest BCUT2D eigenvalue weighted by molar-refractivity contribution is 6.12. The van der Waals surface area contributed by atoms with Gasteiger partial charge in [0.15, 0.2) is 23.0 Å². The molecule has 0 N–H and O–H groups in total. The van der Waals surface area contributed by atoms with Gasteiger partial charge in [-0.3, -0.25) is 4.79 Å². The zero-order valence-corrected chi connectivity index (χ0v) is 19.6. The van der Waals surface area contributed by atoms with Crippen molar-refractivity contribution < 1.29 is 38.0 Å². The molecule has 2 heterocycles. The zero-order valence-electron chi connectivity index (χ0n) is 19.6. The van der Waals surface area contributed by atoms with E-state index in [0.717, 1.165) is 10.9 Å². The number of carbonyl (C=O) groups is 2. The molecular formula is C26H24O8. The van der Waals surface area contributed by atoms with Crippen molar-refractivity contribution in [3.05, 3.63) is 41.5 Å². The van der Waals surface area contributed by atoms with E-state index in [-0.39, 0.29) is 19.1 Å². The molecule has 0 fully saturated rings. The van der Waals surface area contributed by atoms with Crippen molar-refractivity contribution in [1.82, 2.24) is 0 Å². The van der Waals surface area contributed by atoms with Gasteiger partial charge in [-0.15, -0.1) is 0 Å². The highest BCUT2D eigenvalue weighted by atomic mass is 16.7. The number of carbonyl (C=O) groups excluding carboxylic acids is 2. The van der Waals surface area contributed by atoms with Gasteiger partial charge in [0.05, 0.1) is 25.2 Å². The Morgan fingerprint density at radius 3 is 2.21 bits per heavy atom. The third-order valence-corrected chi connectivity index (χ3v) is 5.85. The highest BCUT2D eigenvalue weighted by Crippen LogP contribution is 2.49. The lowest BCUT2D eigenvalue weighted by Gasteiger charge is -2.20. The molecule has 0 bridgehead atoms. The topological polar surface area (TPSA) is 89.5 Å². The molecule has 2 aliphatic heterocycles. The van der Waals surface area contributed by atoms with Crippen molar-refractivity contribution in [2.24, 2.45) is 5.41 Å². The van der Waals surface area contributed by atoms with Crippen molar-refractivity contribution in [1.29, 1.82) is 0 Å². The molecule has 8 nitrogen and oxygen atoms in total. The smallest absolute Gasteiger partial charge is 0.339 e. The van der Waals surface area contributed by atoms with Gasteiger partial charge in [0.25, 0.3) is 0 Å². The molecule has 3 aromatic carbocycles. The van der Waals surface area contributed by atoms with Crippen LogP contribution in [0.4, 0.5) is 0 Å². The van der Waals surface area contributed by atoms with Crippen molar-refractivity contribution >= 4 is 22.7 Å². The van der Waals surface area contributed by atoms with Crippen LogP contribution in [-0.2, 0) is 16.1 Å². The van der Waals surface area contributed by atoms with Crippen molar-refractivity contribution in [3.8, 4) is 39.9 Å². The van der Waals surface area contributed by atoms with Gasteiger partial charge in [-0.25, -0.2) is 4.79 Å². The summed E-state index contributed by atoms with van der Waals surface area (Å²) >= 11 is 0. The second-order valence-corrected chi connectivity index (χ2v) is 9.13. The first-order valence-corrected chi connectivity index (χ1v) is 10.8. The summed E-state index contributed by atoms with van der Waals surface area (Å²) in [5.41, 5.74) is 1.46. The van der Waals surface area contributed by atoms with E-state index in [4.69, 9.17) is 28.4 Å². The maximum Gasteiger partial charge on any atom is 0.339 e. The molecule has 0 saturated heterocycles. The number of cyclic esters (lactones) is 1. The first kappa shape index (κ1) is 21.9. The minimum Gasteiger partial charge on any atom is -0.493 e. The van der Waals surface area contributed by atoms with Crippen LogP contribution < -0.4 is 23.7 Å². The van der Waals surface area contributed by atoms with Crippen LogP contribution in [0.3, 0.4) is 0 Å². The SMILES string of the molecule is COc1cc2cc3c(c(-c4cc5c(cc4OC(=O)C(C)(C)C)OCO5)c2cc1OC)C(=O)OC3. The summed E-state index contributed by atoms with van der Waals surface area (Å²) in [5, 5.41) is 1.53. The van der Waals surface area contributed by atoms with Crippen molar-refractivity contribution in [2.45, 2.75) is 27.4 Å². The molecule has 176 valence electrons. The Kier molecular flexibility index (Phi) is 5.04. The van der Waals surface area contributed by atoms with Crippen LogP contribution in [0, 0.1) is 5.41 Å². The third kappa shape index (κ3) is 3.46. The molecule has 0 unspecified atom stereocenters. The van der Waals surface area contributed by atoms with Gasteiger partial charge in [0.2, 0.25) is 6.79 Å². The molecule has 5 rings (SSSR count). The van der Waals surface area contributed by atoms with Crippen molar-refractivity contribution in [2.75, 3.05) is 21.0 Å². The van der Waals surface area contributed by atoms with Gasteiger partial charge in [-0.2, -0.15) is 0 Å². The fraction of sp³-hybridized carbons (Fsp3) is 0.308. The van der Waals surface area contributed by atoms with Gasteiger partial charge in [0.1, 0.15) is 12.4 Å². The Morgan fingerprint density at radius 2 is 1.53 bits per heavy atom. The molecule has 0 amide bonds. The van der Waals surface area contributed by atoms with Gasteiger partial charge < -0.3 is 28.4 Å². The van der Waals surface area contributed by atoms with Gasteiger partial charge in [-0.1, -0.05) is 0 Å². The van der Waals surface area contributed by atoms with E-state index in [2.05, 4.69) is 0 Å². The number of methoxy groups -OCH3 is 2. The van der Waals surface area contributed by atoms with Gasteiger partial charge in [0, 0.05) is 22.8 Å². The molecule has 2 aliphatic rings. The Hall–Kier alpha value is -3.94. The highest BCUT2D eigenvalue weighted by Gasteiger charge is 2.33. The first-order chi connectivity index (χ1) is 16.2. The molecule has 8 heteroatoms. The maximum atomic E-state index is 12.9. The van der Waals surface area contributed by atoms with Gasteiger partial charge >= 0.3 is 11.9 Å². The van der Waals surface area contributed by atoms with Gasteiger partial charge in [-0.05, 0) is 55.8 Å². The summed E-state index contributed by atoms with van der Waals surface area (Å²) in [5.74, 6) is 1.38. The van der Waals surface area contributed by atoms with E-state index in [1.807, 2.05) is 12.1 Å². The largest absolute Gasteiger partial charge is 0.493 e. The molecule has 0 radical (unpaired) electrons. The van der Waals surface area contributed by atoms with Crippen LogP contribution in [0.2, 0.25) is 0 Å². The molecule has 34 heavy (non-hydrogen) atoms. The summed E-state index contributed by atoms with van der Waals surface area (Å²) < 4.78 is 33.4. The Labute approximate surface area is 196 Å². The second kappa shape index (κ2) is 7.83. The van der Waals surface area contributed by atoms with Crippen LogP contribution in [-0.4, -0.2) is 33.0 Å². The summed E-state index contributed by atoms with van der Waals surface area (Å²) in [6.45, 7) is 5.50. The van der Waals surface area contributed by atoms with Crippen LogP contribution in [0.5, 0.6) is 28.7 Å². The minimum absolute atomic E-state index is 0.0478. The molecule has 0 aromatic heterocycles. The molecule has 3 aromatic rings. The minimum atomic E-state index is -0.746. The number of esters is 2. The van der Waals surface area contributed by atoms with Crippen LogP contribution >= 0.6 is 0 Å². The Morgan fingerprint density at radius 1 is 0.853 bits per heavy atom. The van der Waals surface area contributed by atoms with E-state index in [1.165, 1.54) is 0 Å².